The van der Waals surface area contributed by atoms with Crippen LogP contribution in [-0.4, -0.2) is 11.1 Å². The molecular formula is C7H7F3O2. The lowest BCUT2D eigenvalue weighted by molar-refractivity contribution is -0.134. The van der Waals surface area contributed by atoms with E-state index in [4.69, 9.17) is 5.11 Å². The molecule has 0 saturated carbocycles. The molecule has 0 amide bonds. The smallest absolute Gasteiger partial charge is 0.367 e. The van der Waals surface area contributed by atoms with Gasteiger partial charge in [0.1, 0.15) is 0 Å². The van der Waals surface area contributed by atoms with Crippen molar-refractivity contribution in [2.75, 3.05) is 0 Å². The number of hydrogen-bond donors (Lipinski definition) is 1. The average molecular weight is 180 g/mol. The fraction of sp³-hybridized carbons (Fsp3) is 0.286. The van der Waals surface area contributed by atoms with E-state index in [-0.39, 0.29) is 6.42 Å². The summed E-state index contributed by atoms with van der Waals surface area (Å²) in [6, 6.07) is 0. The van der Waals surface area contributed by atoms with Crippen LogP contribution in [0.4, 0.5) is 13.2 Å². The van der Waals surface area contributed by atoms with Gasteiger partial charge in [-0.05, 0) is 12.5 Å². The van der Waals surface area contributed by atoms with Crippen LogP contribution in [0.5, 0.6) is 0 Å². The summed E-state index contributed by atoms with van der Waals surface area (Å²) in [6.07, 6.45) is 0.907. The van der Waals surface area contributed by atoms with Crippen LogP contribution in [0.2, 0.25) is 0 Å². The van der Waals surface area contributed by atoms with E-state index in [1.807, 2.05) is 0 Å². The summed E-state index contributed by atoms with van der Waals surface area (Å²) in [7, 11) is 0. The highest BCUT2D eigenvalue weighted by atomic mass is 19.2. The van der Waals surface area contributed by atoms with E-state index < -0.39 is 23.4 Å². The summed E-state index contributed by atoms with van der Waals surface area (Å²) in [6.45, 7) is 1.51. The van der Waals surface area contributed by atoms with Gasteiger partial charge in [-0.15, -0.1) is 0 Å². The predicted octanol–water partition coefficient (Wildman–Crippen LogP) is 2.49. The minimum Gasteiger partial charge on any atom is -0.476 e. The number of rotatable bonds is 3. The average Bonchev–Trinajstić information content (AvgIpc) is 2.02. The molecular weight excluding hydrogens is 173 g/mol. The maximum Gasteiger partial charge on any atom is 0.367 e. The topological polar surface area (TPSA) is 37.3 Å². The Bertz CT molecular complexity index is 243. The van der Waals surface area contributed by atoms with Crippen LogP contribution in [0.1, 0.15) is 13.3 Å². The molecule has 0 aliphatic heterocycles. The minimum atomic E-state index is -2.12. The van der Waals surface area contributed by atoms with Crippen LogP contribution < -0.4 is 0 Å². The molecule has 0 bridgehead atoms. The van der Waals surface area contributed by atoms with Gasteiger partial charge in [-0.2, -0.15) is 4.39 Å². The summed E-state index contributed by atoms with van der Waals surface area (Å²) in [5.74, 6) is -7.69. The fourth-order valence-electron chi connectivity index (χ4n) is 0.468. The first kappa shape index (κ1) is 10.7. The molecule has 0 aromatic rings. The Balaban J connectivity index is 4.78. The third-order valence-corrected chi connectivity index (χ3v) is 0.973. The van der Waals surface area contributed by atoms with Gasteiger partial charge in [-0.1, -0.05) is 6.92 Å². The molecule has 0 atom stereocenters. The SMILES string of the molecule is CCC=C(F)C(F)=C(F)C(=O)O. The van der Waals surface area contributed by atoms with E-state index in [2.05, 4.69) is 0 Å². The quantitative estimate of drug-likeness (QED) is 0.535. The van der Waals surface area contributed by atoms with Crippen molar-refractivity contribution in [3.8, 4) is 0 Å². The predicted molar refractivity (Wildman–Crippen MR) is 36.4 cm³/mol. The lowest BCUT2D eigenvalue weighted by Crippen LogP contribution is -1.97. The van der Waals surface area contributed by atoms with Crippen LogP contribution in [0, 0.1) is 0 Å². The van der Waals surface area contributed by atoms with Crippen molar-refractivity contribution in [3.05, 3.63) is 23.6 Å². The highest BCUT2D eigenvalue weighted by Gasteiger charge is 2.17. The molecule has 0 aliphatic carbocycles. The molecule has 0 aromatic heterocycles. The van der Waals surface area contributed by atoms with Gasteiger partial charge in [0.2, 0.25) is 11.7 Å². The van der Waals surface area contributed by atoms with Crippen LogP contribution in [0.3, 0.4) is 0 Å². The number of halogens is 3. The third kappa shape index (κ3) is 2.77. The summed E-state index contributed by atoms with van der Waals surface area (Å²) >= 11 is 0. The molecule has 0 spiro atoms. The standard InChI is InChI=1S/C7H7F3O2/c1-2-3-4(8)5(9)6(10)7(11)12/h3H,2H2,1H3,(H,11,12). The molecule has 0 unspecified atom stereocenters. The summed E-state index contributed by atoms with van der Waals surface area (Å²) < 4.78 is 36.8. The Labute approximate surface area is 67.0 Å². The summed E-state index contributed by atoms with van der Waals surface area (Å²) in [4.78, 5) is 9.78. The molecule has 5 heteroatoms. The maximum absolute atomic E-state index is 12.3. The summed E-state index contributed by atoms with van der Waals surface area (Å²) in [5, 5.41) is 7.90. The van der Waals surface area contributed by atoms with Crippen molar-refractivity contribution >= 4 is 5.97 Å². The van der Waals surface area contributed by atoms with E-state index in [9.17, 15) is 18.0 Å². The number of carboxylic acids is 1. The third-order valence-electron chi connectivity index (χ3n) is 0.973. The fourth-order valence-corrected chi connectivity index (χ4v) is 0.468. The molecule has 2 nitrogen and oxygen atoms in total. The second-order valence-electron chi connectivity index (χ2n) is 1.89. The van der Waals surface area contributed by atoms with Crippen molar-refractivity contribution in [1.29, 1.82) is 0 Å². The van der Waals surface area contributed by atoms with Crippen LogP contribution in [0.25, 0.3) is 0 Å². The van der Waals surface area contributed by atoms with Gasteiger partial charge in [0, 0.05) is 0 Å². The Morgan fingerprint density at radius 2 is 1.83 bits per heavy atom. The monoisotopic (exact) mass is 180 g/mol. The van der Waals surface area contributed by atoms with Gasteiger partial charge in [-0.25, -0.2) is 13.6 Å². The molecule has 68 valence electrons. The molecule has 0 fully saturated rings. The molecule has 0 radical (unpaired) electrons. The Kier molecular flexibility index (Phi) is 4.10. The lowest BCUT2D eigenvalue weighted by atomic mass is 10.3. The molecule has 0 rings (SSSR count). The molecule has 12 heavy (non-hydrogen) atoms. The van der Waals surface area contributed by atoms with Gasteiger partial charge in [0.15, 0.2) is 5.83 Å². The normalized spacial score (nSPS) is 14.2. The molecule has 0 aliphatic rings. The minimum absolute atomic E-state index is 0.159. The number of allylic oxidation sites excluding steroid dienone is 3. The Morgan fingerprint density at radius 1 is 1.33 bits per heavy atom. The number of aliphatic carboxylic acids is 1. The number of carboxylic acid groups (broad SMARTS) is 1. The molecule has 0 saturated heterocycles. The first-order valence-corrected chi connectivity index (χ1v) is 3.15. The van der Waals surface area contributed by atoms with Gasteiger partial charge >= 0.3 is 5.97 Å². The summed E-state index contributed by atoms with van der Waals surface area (Å²) in [5.41, 5.74) is 0. The van der Waals surface area contributed by atoms with Crippen LogP contribution in [-0.2, 0) is 4.79 Å². The zero-order chi connectivity index (χ0) is 9.72. The molecule has 0 heterocycles. The van der Waals surface area contributed by atoms with Crippen LogP contribution >= 0.6 is 0 Å². The number of hydrogen-bond acceptors (Lipinski definition) is 1. The van der Waals surface area contributed by atoms with Gasteiger partial charge in [-0.3, -0.25) is 0 Å². The molecule has 1 N–H and O–H groups in total. The van der Waals surface area contributed by atoms with E-state index in [1.165, 1.54) is 6.92 Å². The van der Waals surface area contributed by atoms with Crippen molar-refractivity contribution in [3.63, 3.8) is 0 Å². The van der Waals surface area contributed by atoms with E-state index in [0.717, 1.165) is 6.08 Å². The van der Waals surface area contributed by atoms with Gasteiger partial charge in [0.05, 0.1) is 0 Å². The maximum atomic E-state index is 12.3. The zero-order valence-electron chi connectivity index (χ0n) is 6.27. The van der Waals surface area contributed by atoms with Crippen molar-refractivity contribution in [2.45, 2.75) is 13.3 Å². The van der Waals surface area contributed by atoms with Gasteiger partial charge in [0.25, 0.3) is 0 Å². The first-order valence-electron chi connectivity index (χ1n) is 3.15. The van der Waals surface area contributed by atoms with Gasteiger partial charge < -0.3 is 5.11 Å². The van der Waals surface area contributed by atoms with Crippen molar-refractivity contribution in [2.24, 2.45) is 0 Å². The zero-order valence-corrected chi connectivity index (χ0v) is 6.27. The highest BCUT2D eigenvalue weighted by Crippen LogP contribution is 2.19. The molecule has 0 aromatic carbocycles. The van der Waals surface area contributed by atoms with Crippen molar-refractivity contribution in [1.82, 2.24) is 0 Å². The lowest BCUT2D eigenvalue weighted by Gasteiger charge is -1.92. The second kappa shape index (κ2) is 4.58. The second-order valence-corrected chi connectivity index (χ2v) is 1.89. The Hall–Kier alpha value is -1.26. The largest absolute Gasteiger partial charge is 0.476 e. The number of carbonyl (C=O) groups is 1. The Morgan fingerprint density at radius 3 is 2.17 bits per heavy atom. The van der Waals surface area contributed by atoms with Crippen LogP contribution in [0.15, 0.2) is 23.6 Å². The first-order chi connectivity index (χ1) is 5.50. The highest BCUT2D eigenvalue weighted by molar-refractivity contribution is 5.85. The van der Waals surface area contributed by atoms with E-state index in [1.54, 1.807) is 0 Å². The van der Waals surface area contributed by atoms with Crippen molar-refractivity contribution < 1.29 is 23.1 Å². The van der Waals surface area contributed by atoms with E-state index >= 15 is 0 Å². The van der Waals surface area contributed by atoms with E-state index in [0.29, 0.717) is 0 Å².